The molecule has 182 valence electrons. The number of rotatable bonds is 6. The zero-order chi connectivity index (χ0) is 24.3. The molecule has 1 saturated heterocycles. The Hall–Kier alpha value is -3.34. The van der Waals surface area contributed by atoms with Crippen LogP contribution < -0.4 is 15.5 Å². The van der Waals surface area contributed by atoms with Gasteiger partial charge in [-0.25, -0.2) is 9.78 Å². The Balaban J connectivity index is 1.47. The van der Waals surface area contributed by atoms with Gasteiger partial charge in [-0.1, -0.05) is 41.7 Å². The van der Waals surface area contributed by atoms with Crippen molar-refractivity contribution in [3.05, 3.63) is 30.3 Å². The van der Waals surface area contributed by atoms with Crippen LogP contribution in [-0.4, -0.2) is 76.4 Å². The Kier molecular flexibility index (Phi) is 6.92. The molecule has 0 atom stereocenters. The van der Waals surface area contributed by atoms with Gasteiger partial charge < -0.3 is 25.2 Å². The minimum atomic E-state index is -0.435. The summed E-state index contributed by atoms with van der Waals surface area (Å²) in [7, 11) is 0. The zero-order valence-electron chi connectivity index (χ0n) is 20.0. The van der Waals surface area contributed by atoms with Crippen LogP contribution in [0.1, 0.15) is 27.7 Å². The second-order valence-electron chi connectivity index (χ2n) is 9.07. The second-order valence-corrected chi connectivity index (χ2v) is 10.0. The molecule has 10 nitrogen and oxygen atoms in total. The van der Waals surface area contributed by atoms with Crippen molar-refractivity contribution in [1.82, 2.24) is 24.8 Å². The molecule has 1 aliphatic rings. The molecular weight excluding hydrogens is 454 g/mol. The van der Waals surface area contributed by atoms with Gasteiger partial charge >= 0.3 is 12.0 Å². The number of aromatic nitrogens is 3. The summed E-state index contributed by atoms with van der Waals surface area (Å²) in [6.07, 6.45) is 0. The molecule has 2 N–H and O–H groups in total. The number of imidazole rings is 1. The number of urea groups is 1. The summed E-state index contributed by atoms with van der Waals surface area (Å²) in [4.78, 5) is 33.4. The fraction of sp³-hybridized carbons (Fsp3) is 0.478. The van der Waals surface area contributed by atoms with E-state index >= 15 is 0 Å². The number of nitrogens with zero attached hydrogens (tertiary/aromatic N) is 5. The van der Waals surface area contributed by atoms with Crippen LogP contribution >= 0.6 is 11.3 Å². The van der Waals surface area contributed by atoms with E-state index in [1.165, 1.54) is 11.3 Å². The average Bonchev–Trinajstić information content (AvgIpc) is 3.37. The lowest BCUT2D eigenvalue weighted by Crippen LogP contribution is -2.52. The third-order valence-electron chi connectivity index (χ3n) is 5.26. The van der Waals surface area contributed by atoms with Crippen LogP contribution in [0.4, 0.5) is 15.7 Å². The molecule has 2 aromatic heterocycles. The molecule has 1 fully saturated rings. The number of hydrogen-bond donors (Lipinski definition) is 2. The molecule has 1 aliphatic heterocycles. The number of fused-ring (bicyclic) bond motifs is 1. The lowest BCUT2D eigenvalue weighted by atomic mass is 10.1. The average molecular weight is 486 g/mol. The van der Waals surface area contributed by atoms with E-state index < -0.39 is 5.97 Å². The van der Waals surface area contributed by atoms with Gasteiger partial charge in [0.15, 0.2) is 5.82 Å². The Morgan fingerprint density at radius 3 is 2.47 bits per heavy atom. The second kappa shape index (κ2) is 9.88. The molecule has 0 saturated carbocycles. The Morgan fingerprint density at radius 1 is 1.12 bits per heavy atom. The quantitative estimate of drug-likeness (QED) is 0.517. The Morgan fingerprint density at radius 2 is 1.82 bits per heavy atom. The fourth-order valence-corrected chi connectivity index (χ4v) is 4.66. The number of piperazine rings is 1. The van der Waals surface area contributed by atoms with Crippen molar-refractivity contribution in [2.24, 2.45) is 0 Å². The molecule has 0 aliphatic carbocycles. The predicted molar refractivity (Wildman–Crippen MR) is 133 cm³/mol. The molecule has 3 heterocycles. The molecule has 0 bridgehead atoms. The highest BCUT2D eigenvalue weighted by molar-refractivity contribution is 7.20. The normalized spacial score (nSPS) is 14.4. The van der Waals surface area contributed by atoms with E-state index in [9.17, 15) is 9.59 Å². The molecule has 34 heavy (non-hydrogen) atoms. The van der Waals surface area contributed by atoms with Crippen molar-refractivity contribution >= 4 is 39.2 Å². The maximum atomic E-state index is 12.4. The van der Waals surface area contributed by atoms with Crippen LogP contribution in [0, 0.1) is 0 Å². The molecule has 0 unspecified atom stereocenters. The zero-order valence-corrected chi connectivity index (χ0v) is 20.8. The molecule has 2 amide bonds. The van der Waals surface area contributed by atoms with Gasteiger partial charge in [-0.05, 0) is 27.7 Å². The summed E-state index contributed by atoms with van der Waals surface area (Å²) >= 11 is 1.54. The van der Waals surface area contributed by atoms with Gasteiger partial charge in [0.2, 0.25) is 10.1 Å². The third kappa shape index (κ3) is 5.41. The highest BCUT2D eigenvalue weighted by Gasteiger charge is 2.26. The number of anilines is 2. The van der Waals surface area contributed by atoms with Crippen LogP contribution in [0.25, 0.3) is 16.2 Å². The van der Waals surface area contributed by atoms with E-state index in [1.54, 1.807) is 11.8 Å². The maximum Gasteiger partial charge on any atom is 0.325 e. The van der Waals surface area contributed by atoms with Crippen molar-refractivity contribution in [3.63, 3.8) is 0 Å². The summed E-state index contributed by atoms with van der Waals surface area (Å²) in [6.45, 7) is 10.6. The smallest absolute Gasteiger partial charge is 0.325 e. The summed E-state index contributed by atoms with van der Waals surface area (Å²) in [6, 6.07) is 9.84. The van der Waals surface area contributed by atoms with Crippen LogP contribution in [0.2, 0.25) is 0 Å². The number of carbonyl (C=O) groups excluding carboxylic acids is 2. The highest BCUT2D eigenvalue weighted by Crippen LogP contribution is 2.34. The number of carbonyl (C=O) groups is 2. The SMILES string of the molecule is CCOC(=O)CNC(=O)N1CCN(c2nn3c(NC(C)(C)C)c(-c4ccccc4)nc3s2)CC1. The lowest BCUT2D eigenvalue weighted by Gasteiger charge is -2.34. The number of ether oxygens (including phenoxy) is 1. The summed E-state index contributed by atoms with van der Waals surface area (Å²) < 4.78 is 6.73. The van der Waals surface area contributed by atoms with E-state index in [-0.39, 0.29) is 18.1 Å². The van der Waals surface area contributed by atoms with Crippen LogP contribution in [0.5, 0.6) is 0 Å². The van der Waals surface area contributed by atoms with E-state index in [0.29, 0.717) is 32.8 Å². The van der Waals surface area contributed by atoms with Gasteiger partial charge in [0, 0.05) is 37.3 Å². The minimum Gasteiger partial charge on any atom is -0.465 e. The van der Waals surface area contributed by atoms with Crippen LogP contribution in [-0.2, 0) is 9.53 Å². The van der Waals surface area contributed by atoms with E-state index in [1.807, 2.05) is 34.8 Å². The van der Waals surface area contributed by atoms with Gasteiger partial charge in [-0.2, -0.15) is 4.52 Å². The van der Waals surface area contributed by atoms with Gasteiger partial charge in [-0.3, -0.25) is 4.79 Å². The first-order valence-electron chi connectivity index (χ1n) is 11.4. The first-order chi connectivity index (χ1) is 16.2. The standard InChI is InChI=1S/C23H31N7O3S/c1-5-33-17(31)15-24-20(32)28-11-13-29(14-12-28)22-27-30-19(26-23(2,3)4)18(25-21(30)34-22)16-9-7-6-8-10-16/h6-10,26H,5,11-15H2,1-4H3,(H,24,32). The van der Waals surface area contributed by atoms with Gasteiger partial charge in [-0.15, -0.1) is 5.10 Å². The number of benzene rings is 1. The van der Waals surface area contributed by atoms with Crippen molar-refractivity contribution in [2.45, 2.75) is 33.2 Å². The van der Waals surface area contributed by atoms with E-state index in [4.69, 9.17) is 14.8 Å². The van der Waals surface area contributed by atoms with Crippen LogP contribution in [0.15, 0.2) is 30.3 Å². The van der Waals surface area contributed by atoms with Crippen molar-refractivity contribution in [1.29, 1.82) is 0 Å². The third-order valence-corrected chi connectivity index (χ3v) is 6.23. The van der Waals surface area contributed by atoms with Gasteiger partial charge in [0.05, 0.1) is 6.61 Å². The molecule has 1 aromatic carbocycles. The van der Waals surface area contributed by atoms with E-state index in [0.717, 1.165) is 27.2 Å². The highest BCUT2D eigenvalue weighted by atomic mass is 32.1. The first-order valence-corrected chi connectivity index (χ1v) is 12.2. The number of amides is 2. The van der Waals surface area contributed by atoms with E-state index in [2.05, 4.69) is 36.3 Å². The molecule has 11 heteroatoms. The predicted octanol–water partition coefficient (Wildman–Crippen LogP) is 3.06. The van der Waals surface area contributed by atoms with Crippen molar-refractivity contribution in [3.8, 4) is 11.3 Å². The molecule has 0 radical (unpaired) electrons. The molecule has 0 spiro atoms. The Bertz CT molecular complexity index is 1140. The first kappa shape index (κ1) is 23.8. The number of esters is 1. The maximum absolute atomic E-state index is 12.4. The number of nitrogens with one attached hydrogen (secondary N) is 2. The Labute approximate surface area is 202 Å². The summed E-state index contributed by atoms with van der Waals surface area (Å²) in [5, 5.41) is 11.9. The van der Waals surface area contributed by atoms with Crippen molar-refractivity contribution < 1.29 is 14.3 Å². The van der Waals surface area contributed by atoms with Crippen molar-refractivity contribution in [2.75, 3.05) is 49.5 Å². The monoisotopic (exact) mass is 485 g/mol. The lowest BCUT2D eigenvalue weighted by molar-refractivity contribution is -0.141. The summed E-state index contributed by atoms with van der Waals surface area (Å²) in [5.41, 5.74) is 1.76. The fourth-order valence-electron chi connectivity index (χ4n) is 3.70. The molecule has 4 rings (SSSR count). The van der Waals surface area contributed by atoms with Gasteiger partial charge in [0.25, 0.3) is 0 Å². The summed E-state index contributed by atoms with van der Waals surface area (Å²) in [5.74, 6) is 0.434. The van der Waals surface area contributed by atoms with Gasteiger partial charge in [0.1, 0.15) is 12.2 Å². The minimum absolute atomic E-state index is 0.121. The molecular formula is C23H31N7O3S. The molecule has 3 aromatic rings. The number of hydrogen-bond acceptors (Lipinski definition) is 8. The topological polar surface area (TPSA) is 104 Å². The largest absolute Gasteiger partial charge is 0.465 e. The van der Waals surface area contributed by atoms with Crippen LogP contribution in [0.3, 0.4) is 0 Å².